The fraction of sp³-hybridized carbons (Fsp3) is 0.278. The number of nitrogens with one attached hydrogen (secondary N) is 1. The van der Waals surface area contributed by atoms with Crippen LogP contribution in [0.3, 0.4) is 0 Å². The molecule has 0 radical (unpaired) electrons. The average Bonchev–Trinajstić information content (AvgIpc) is 2.91. The van der Waals surface area contributed by atoms with Gasteiger partial charge in [-0.25, -0.2) is 13.2 Å². The van der Waals surface area contributed by atoms with Gasteiger partial charge in [0.1, 0.15) is 21.0 Å². The van der Waals surface area contributed by atoms with Crippen LogP contribution < -0.4 is 5.32 Å². The molecule has 0 aliphatic carbocycles. The highest BCUT2D eigenvalue weighted by Gasteiger charge is 2.25. The predicted octanol–water partition coefficient (Wildman–Crippen LogP) is 3.53. The normalized spacial score (nSPS) is 10.9. The Balaban J connectivity index is 2.25. The number of thiophene rings is 1. The number of carbonyl (C=O) groups is 2. The number of hydrogen-bond acceptors (Lipinski definition) is 8. The molecule has 0 fully saturated rings. The molecule has 2 rings (SSSR count). The van der Waals surface area contributed by atoms with E-state index in [9.17, 15) is 18.0 Å². The summed E-state index contributed by atoms with van der Waals surface area (Å²) in [6.45, 7) is 5.33. The summed E-state index contributed by atoms with van der Waals surface area (Å²) in [6, 6.07) is 6.20. The zero-order valence-electron chi connectivity index (χ0n) is 15.4. The van der Waals surface area contributed by atoms with Gasteiger partial charge in [0, 0.05) is 0 Å². The number of carbonyl (C=O) groups excluding carboxylic acids is 2. The monoisotopic (exact) mass is 438 g/mol. The van der Waals surface area contributed by atoms with E-state index in [4.69, 9.17) is 10.00 Å². The van der Waals surface area contributed by atoms with E-state index in [2.05, 4.69) is 5.32 Å². The van der Waals surface area contributed by atoms with E-state index in [0.717, 1.165) is 28.7 Å². The molecule has 1 heterocycles. The van der Waals surface area contributed by atoms with Crippen molar-refractivity contribution in [3.8, 4) is 5.40 Å². The summed E-state index contributed by atoms with van der Waals surface area (Å²) in [4.78, 5) is 25.1. The molecule has 0 unspecified atom stereocenters. The number of sulfone groups is 1. The van der Waals surface area contributed by atoms with Gasteiger partial charge < -0.3 is 10.1 Å². The lowest BCUT2D eigenvalue weighted by molar-refractivity contribution is -0.113. The highest BCUT2D eigenvalue weighted by Crippen LogP contribution is 2.40. The van der Waals surface area contributed by atoms with Gasteiger partial charge in [0.25, 0.3) is 0 Å². The number of benzene rings is 1. The molecule has 0 saturated carbocycles. The van der Waals surface area contributed by atoms with E-state index in [1.807, 2.05) is 12.3 Å². The van der Waals surface area contributed by atoms with Crippen LogP contribution in [0, 0.1) is 24.5 Å². The van der Waals surface area contributed by atoms with E-state index in [1.165, 1.54) is 12.1 Å². The Morgan fingerprint density at radius 2 is 1.89 bits per heavy atom. The minimum Gasteiger partial charge on any atom is -0.462 e. The maximum Gasteiger partial charge on any atom is 0.348 e. The molecule has 1 aromatic heterocycles. The molecule has 0 atom stereocenters. The van der Waals surface area contributed by atoms with E-state index in [0.29, 0.717) is 10.5 Å². The summed E-state index contributed by atoms with van der Waals surface area (Å²) >= 11 is 1.74. The lowest BCUT2D eigenvalue weighted by Gasteiger charge is -2.06. The second-order valence-corrected chi connectivity index (χ2v) is 9.55. The third-order valence-electron chi connectivity index (χ3n) is 3.65. The second kappa shape index (κ2) is 9.23. The molecule has 1 N–H and O–H groups in total. The zero-order chi connectivity index (χ0) is 20.9. The zero-order valence-corrected chi connectivity index (χ0v) is 17.9. The lowest BCUT2D eigenvalue weighted by atomic mass is 10.2. The van der Waals surface area contributed by atoms with Crippen molar-refractivity contribution in [1.29, 1.82) is 5.26 Å². The van der Waals surface area contributed by atoms with E-state index >= 15 is 0 Å². The Bertz CT molecular complexity index is 1030. The molecule has 148 valence electrons. The molecule has 0 bridgehead atoms. The van der Waals surface area contributed by atoms with E-state index < -0.39 is 27.5 Å². The fourth-order valence-corrected chi connectivity index (χ4v) is 5.26. The van der Waals surface area contributed by atoms with Gasteiger partial charge in [0.2, 0.25) is 5.91 Å². The summed E-state index contributed by atoms with van der Waals surface area (Å²) in [5, 5.41) is 13.7. The van der Waals surface area contributed by atoms with Crippen LogP contribution >= 0.6 is 23.1 Å². The van der Waals surface area contributed by atoms with Crippen molar-refractivity contribution in [2.45, 2.75) is 30.6 Å². The van der Waals surface area contributed by atoms with Crippen molar-refractivity contribution < 1.29 is 22.7 Å². The standard InChI is InChI=1S/C18H18N2O5S3/c1-4-25-18(22)16-12(3)15(26-10-19)17(27-16)20-14(21)9-28(23,24)13-7-5-11(2)6-8-13/h5-8H,4,9H2,1-3H3,(H,20,21). The molecule has 7 nitrogen and oxygen atoms in total. The Morgan fingerprint density at radius 1 is 1.25 bits per heavy atom. The molecular formula is C18H18N2O5S3. The molecular weight excluding hydrogens is 420 g/mol. The number of nitriles is 1. The van der Waals surface area contributed by atoms with Crippen molar-refractivity contribution in [3.05, 3.63) is 40.3 Å². The molecule has 10 heteroatoms. The Labute approximate surface area is 171 Å². The van der Waals surface area contributed by atoms with Crippen LogP contribution in [0.1, 0.15) is 27.7 Å². The van der Waals surface area contributed by atoms with Gasteiger partial charge in [-0.05, 0) is 50.2 Å². The first-order valence-electron chi connectivity index (χ1n) is 8.15. The van der Waals surface area contributed by atoms with Crippen LogP contribution in [0.15, 0.2) is 34.1 Å². The first kappa shape index (κ1) is 21.9. The van der Waals surface area contributed by atoms with Crippen molar-refractivity contribution in [1.82, 2.24) is 0 Å². The number of hydrogen-bond donors (Lipinski definition) is 1. The SMILES string of the molecule is CCOC(=O)c1sc(NC(=O)CS(=O)(=O)c2ccc(C)cc2)c(SC#N)c1C. The molecule has 0 aliphatic heterocycles. The van der Waals surface area contributed by atoms with E-state index in [1.54, 1.807) is 26.0 Å². The largest absolute Gasteiger partial charge is 0.462 e. The van der Waals surface area contributed by atoms with Crippen LogP contribution in [-0.4, -0.2) is 32.7 Å². The van der Waals surface area contributed by atoms with Crippen LogP contribution in [0.25, 0.3) is 0 Å². The first-order valence-corrected chi connectivity index (χ1v) is 11.4. The number of esters is 1. The van der Waals surface area contributed by atoms with Gasteiger partial charge in [0.05, 0.1) is 16.4 Å². The molecule has 28 heavy (non-hydrogen) atoms. The number of thiocyanates is 1. The minimum absolute atomic E-state index is 0.0504. The van der Waals surface area contributed by atoms with Crippen LogP contribution in [0.5, 0.6) is 0 Å². The number of aryl methyl sites for hydroxylation is 1. The van der Waals surface area contributed by atoms with Gasteiger partial charge >= 0.3 is 5.97 Å². The summed E-state index contributed by atoms with van der Waals surface area (Å²) in [5.74, 6) is -2.06. The van der Waals surface area contributed by atoms with E-state index in [-0.39, 0.29) is 21.4 Å². The molecule has 1 aromatic carbocycles. The van der Waals surface area contributed by atoms with Crippen molar-refractivity contribution in [3.63, 3.8) is 0 Å². The topological polar surface area (TPSA) is 113 Å². The quantitative estimate of drug-likeness (QED) is 0.400. The Hall–Kier alpha value is -2.35. The second-order valence-electron chi connectivity index (χ2n) is 5.75. The highest BCUT2D eigenvalue weighted by molar-refractivity contribution is 8.04. The molecule has 0 spiro atoms. The lowest BCUT2D eigenvalue weighted by Crippen LogP contribution is -2.22. The fourth-order valence-electron chi connectivity index (χ4n) is 2.30. The summed E-state index contributed by atoms with van der Waals surface area (Å²) in [7, 11) is -3.82. The highest BCUT2D eigenvalue weighted by atomic mass is 32.2. The summed E-state index contributed by atoms with van der Waals surface area (Å²) in [5.41, 5.74) is 1.41. The summed E-state index contributed by atoms with van der Waals surface area (Å²) < 4.78 is 29.8. The predicted molar refractivity (Wildman–Crippen MR) is 108 cm³/mol. The number of nitrogens with zero attached hydrogens (tertiary/aromatic N) is 1. The van der Waals surface area contributed by atoms with Crippen molar-refractivity contribution in [2.75, 3.05) is 17.7 Å². The summed E-state index contributed by atoms with van der Waals surface area (Å²) in [6.07, 6.45) is 0. The van der Waals surface area contributed by atoms with Gasteiger partial charge in [-0.15, -0.1) is 11.3 Å². The first-order chi connectivity index (χ1) is 13.2. The van der Waals surface area contributed by atoms with Gasteiger partial charge in [-0.2, -0.15) is 5.26 Å². The van der Waals surface area contributed by atoms with Gasteiger partial charge in [-0.3, -0.25) is 4.79 Å². The van der Waals surface area contributed by atoms with Crippen LogP contribution in [-0.2, 0) is 19.4 Å². The van der Waals surface area contributed by atoms with Crippen molar-refractivity contribution >= 4 is 49.8 Å². The Kier molecular flexibility index (Phi) is 7.23. The van der Waals surface area contributed by atoms with Crippen LogP contribution in [0.4, 0.5) is 5.00 Å². The smallest absolute Gasteiger partial charge is 0.348 e. The minimum atomic E-state index is -3.82. The number of rotatable bonds is 7. The van der Waals surface area contributed by atoms with Crippen LogP contribution in [0.2, 0.25) is 0 Å². The number of anilines is 1. The van der Waals surface area contributed by atoms with Gasteiger partial charge in [-0.1, -0.05) is 17.7 Å². The third kappa shape index (κ3) is 5.13. The maximum atomic E-state index is 12.4. The number of amides is 1. The number of thioether (sulfide) groups is 1. The third-order valence-corrected chi connectivity index (χ3v) is 7.41. The Morgan fingerprint density at radius 3 is 2.46 bits per heavy atom. The maximum absolute atomic E-state index is 12.4. The van der Waals surface area contributed by atoms with Crippen molar-refractivity contribution in [2.24, 2.45) is 0 Å². The molecule has 2 aromatic rings. The average molecular weight is 439 g/mol. The number of ether oxygens (including phenoxy) is 1. The molecule has 1 amide bonds. The molecule has 0 saturated heterocycles. The van der Waals surface area contributed by atoms with Gasteiger partial charge in [0.15, 0.2) is 9.84 Å². The molecule has 0 aliphatic rings.